The van der Waals surface area contributed by atoms with E-state index in [1.807, 2.05) is 5.32 Å². The highest BCUT2D eigenvalue weighted by molar-refractivity contribution is 5.88. The Labute approximate surface area is 186 Å². The number of rotatable bonds is 8. The van der Waals surface area contributed by atoms with Crippen molar-refractivity contribution in [2.75, 3.05) is 30.0 Å². The highest BCUT2D eigenvalue weighted by Crippen LogP contribution is 2.20. The fourth-order valence-corrected chi connectivity index (χ4v) is 2.63. The second kappa shape index (κ2) is 9.18. The van der Waals surface area contributed by atoms with Crippen molar-refractivity contribution in [2.45, 2.75) is 25.6 Å². The van der Waals surface area contributed by atoms with Crippen molar-refractivity contribution in [3.05, 3.63) is 36.5 Å². The fraction of sp³-hybridized carbons (Fsp3) is 0.316. The Morgan fingerprint density at radius 3 is 2.48 bits per heavy atom. The van der Waals surface area contributed by atoms with Gasteiger partial charge in [-0.3, -0.25) is 4.79 Å². The summed E-state index contributed by atoms with van der Waals surface area (Å²) in [6, 6.07) is 8.50. The predicted octanol–water partition coefficient (Wildman–Crippen LogP) is 2.26. The first-order valence-electron chi connectivity index (χ1n) is 9.57. The molecule has 1 aromatic carbocycles. The highest BCUT2D eigenvalue weighted by Gasteiger charge is 2.33. The van der Waals surface area contributed by atoms with Gasteiger partial charge in [-0.25, -0.2) is 4.98 Å². The summed E-state index contributed by atoms with van der Waals surface area (Å²) in [6.45, 7) is 1.40. The molecule has 0 aliphatic heterocycles. The number of nitrogens with two attached hydrogens (primary N) is 1. The Bertz CT molecular complexity index is 1110. The van der Waals surface area contributed by atoms with Crippen LogP contribution in [0.1, 0.15) is 13.8 Å². The van der Waals surface area contributed by atoms with Crippen molar-refractivity contribution < 1.29 is 22.7 Å². The molecule has 33 heavy (non-hydrogen) atoms. The molecule has 0 saturated heterocycles. The number of benzene rings is 1. The van der Waals surface area contributed by atoms with E-state index in [-0.39, 0.29) is 23.7 Å². The van der Waals surface area contributed by atoms with Crippen molar-refractivity contribution >= 4 is 29.3 Å². The summed E-state index contributed by atoms with van der Waals surface area (Å²) < 4.78 is 43.5. The first kappa shape index (κ1) is 23.6. The quantitative estimate of drug-likeness (QED) is 0.394. The molecular weight excluding hydrogens is 443 g/mol. The van der Waals surface area contributed by atoms with Gasteiger partial charge in [-0.15, -0.1) is 5.10 Å². The molecule has 0 aliphatic rings. The number of nitrogens with one attached hydrogen (secondary N) is 3. The minimum Gasteiger partial charge on any atom is -0.497 e. The molecule has 0 saturated carbocycles. The molecule has 3 aromatic rings. The summed E-state index contributed by atoms with van der Waals surface area (Å²) in [7, 11) is 1.56. The lowest BCUT2D eigenvalue weighted by atomic mass is 10.0. The van der Waals surface area contributed by atoms with E-state index in [0.29, 0.717) is 11.4 Å². The number of anilines is 4. The molecule has 5 N–H and O–H groups in total. The van der Waals surface area contributed by atoms with E-state index in [2.05, 4.69) is 30.7 Å². The third-order valence-electron chi connectivity index (χ3n) is 4.27. The number of hydrogen-bond donors (Lipinski definition) is 4. The molecule has 14 heteroatoms. The Morgan fingerprint density at radius 1 is 1.15 bits per heavy atom. The van der Waals surface area contributed by atoms with Crippen LogP contribution in [0.25, 0.3) is 5.95 Å². The van der Waals surface area contributed by atoms with Crippen molar-refractivity contribution in [2.24, 2.45) is 0 Å². The molecule has 0 aliphatic carbocycles. The van der Waals surface area contributed by atoms with Gasteiger partial charge < -0.3 is 26.4 Å². The molecular formula is C19H22F3N9O2. The van der Waals surface area contributed by atoms with Crippen molar-refractivity contribution in [3.63, 3.8) is 0 Å². The molecule has 176 valence electrons. The maximum Gasteiger partial charge on any atom is 0.405 e. The normalized spacial score (nSPS) is 11.7. The van der Waals surface area contributed by atoms with Gasteiger partial charge >= 0.3 is 6.18 Å². The number of carbonyl (C=O) groups excluding carboxylic acids is 1. The minimum absolute atomic E-state index is 0.00894. The zero-order chi connectivity index (χ0) is 24.2. The number of nitrogens with zero attached hydrogens (tertiary/aromatic N) is 5. The number of carbonyl (C=O) groups is 1. The predicted molar refractivity (Wildman–Crippen MR) is 114 cm³/mol. The average Bonchev–Trinajstić information content (AvgIpc) is 3.11. The molecule has 0 unspecified atom stereocenters. The maximum atomic E-state index is 12.4. The minimum atomic E-state index is -4.52. The summed E-state index contributed by atoms with van der Waals surface area (Å²) in [5.41, 5.74) is 5.23. The molecule has 0 atom stereocenters. The molecule has 0 radical (unpaired) electrons. The standard InChI is InChI=1S/C19H22F3N9O2/c1-18(2,14(32)25-10-19(20,21)22)29-13-8-9-24-17(27-13)31-15(23)28-16(30-31)26-11-4-6-12(33-3)7-5-11/h4-9H,10H2,1-3H3,(H,25,32)(H,24,27,29)(H3,23,26,28,30). The summed E-state index contributed by atoms with van der Waals surface area (Å²) >= 11 is 0. The second-order valence-corrected chi connectivity index (χ2v) is 7.35. The van der Waals surface area contributed by atoms with Crippen LogP contribution in [0.5, 0.6) is 5.75 Å². The van der Waals surface area contributed by atoms with Gasteiger partial charge in [-0.1, -0.05) is 0 Å². The maximum absolute atomic E-state index is 12.4. The van der Waals surface area contributed by atoms with Crippen LogP contribution in [0, 0.1) is 0 Å². The number of ether oxygens (including phenoxy) is 1. The van der Waals surface area contributed by atoms with Gasteiger partial charge in [0, 0.05) is 11.9 Å². The molecule has 3 rings (SSSR count). The van der Waals surface area contributed by atoms with Crippen LogP contribution in [0.3, 0.4) is 0 Å². The monoisotopic (exact) mass is 465 g/mol. The largest absolute Gasteiger partial charge is 0.497 e. The summed E-state index contributed by atoms with van der Waals surface area (Å²) in [5.74, 6) is 0.223. The van der Waals surface area contributed by atoms with E-state index in [9.17, 15) is 18.0 Å². The summed E-state index contributed by atoms with van der Waals surface area (Å²) in [5, 5.41) is 11.8. The number of methoxy groups -OCH3 is 1. The lowest BCUT2D eigenvalue weighted by Crippen LogP contribution is -2.50. The lowest BCUT2D eigenvalue weighted by molar-refractivity contribution is -0.140. The van der Waals surface area contributed by atoms with Gasteiger partial charge in [0.2, 0.25) is 17.8 Å². The number of halogens is 3. The SMILES string of the molecule is COc1ccc(Nc2nc(N)n(-c3nccc(NC(C)(C)C(=O)NCC(F)(F)F)n3)n2)cc1. The third-order valence-corrected chi connectivity index (χ3v) is 4.27. The van der Waals surface area contributed by atoms with Gasteiger partial charge in [0.05, 0.1) is 7.11 Å². The zero-order valence-electron chi connectivity index (χ0n) is 17.9. The van der Waals surface area contributed by atoms with Gasteiger partial charge in [-0.2, -0.15) is 27.8 Å². The third kappa shape index (κ3) is 6.21. The van der Waals surface area contributed by atoms with E-state index in [4.69, 9.17) is 10.5 Å². The van der Waals surface area contributed by atoms with Gasteiger partial charge in [0.15, 0.2) is 0 Å². The van der Waals surface area contributed by atoms with Gasteiger partial charge in [-0.05, 0) is 44.2 Å². The Hall–Kier alpha value is -4.10. The number of nitrogen functional groups attached to an aromatic ring is 1. The first-order chi connectivity index (χ1) is 15.5. The van der Waals surface area contributed by atoms with Crippen molar-refractivity contribution in [1.82, 2.24) is 30.0 Å². The number of hydrogen-bond acceptors (Lipinski definition) is 9. The van der Waals surface area contributed by atoms with Crippen LogP contribution < -0.4 is 26.4 Å². The molecule has 2 aromatic heterocycles. The van der Waals surface area contributed by atoms with E-state index < -0.39 is 24.2 Å². The Balaban J connectivity index is 1.74. The summed E-state index contributed by atoms with van der Waals surface area (Å²) in [4.78, 5) is 24.6. The topological polar surface area (TPSA) is 145 Å². The van der Waals surface area contributed by atoms with Gasteiger partial charge in [0.1, 0.15) is 23.7 Å². The average molecular weight is 465 g/mol. The smallest absolute Gasteiger partial charge is 0.405 e. The van der Waals surface area contributed by atoms with E-state index in [1.165, 1.54) is 30.8 Å². The highest BCUT2D eigenvalue weighted by atomic mass is 19.4. The molecule has 11 nitrogen and oxygen atoms in total. The van der Waals surface area contributed by atoms with E-state index in [0.717, 1.165) is 0 Å². The Morgan fingerprint density at radius 2 is 1.85 bits per heavy atom. The first-order valence-corrected chi connectivity index (χ1v) is 9.57. The molecule has 1 amide bonds. The lowest BCUT2D eigenvalue weighted by Gasteiger charge is -2.26. The number of aromatic nitrogens is 5. The van der Waals surface area contributed by atoms with Crippen molar-refractivity contribution in [3.8, 4) is 11.7 Å². The van der Waals surface area contributed by atoms with E-state index in [1.54, 1.807) is 31.4 Å². The number of alkyl halides is 3. The second-order valence-electron chi connectivity index (χ2n) is 7.35. The molecule has 0 fully saturated rings. The van der Waals surface area contributed by atoms with Crippen LogP contribution in [-0.4, -0.2) is 56.0 Å². The Kier molecular flexibility index (Phi) is 6.55. The van der Waals surface area contributed by atoms with Crippen LogP contribution in [-0.2, 0) is 4.79 Å². The number of amides is 1. The summed E-state index contributed by atoms with van der Waals surface area (Å²) in [6.07, 6.45) is -3.14. The van der Waals surface area contributed by atoms with Crippen LogP contribution in [0.2, 0.25) is 0 Å². The zero-order valence-corrected chi connectivity index (χ0v) is 17.9. The van der Waals surface area contributed by atoms with E-state index >= 15 is 0 Å². The van der Waals surface area contributed by atoms with Crippen LogP contribution >= 0.6 is 0 Å². The van der Waals surface area contributed by atoms with Gasteiger partial charge in [0.25, 0.3) is 5.95 Å². The fourth-order valence-electron chi connectivity index (χ4n) is 2.63. The molecule has 2 heterocycles. The van der Waals surface area contributed by atoms with Crippen LogP contribution in [0.4, 0.5) is 36.6 Å². The van der Waals surface area contributed by atoms with Crippen molar-refractivity contribution in [1.29, 1.82) is 0 Å². The molecule has 0 spiro atoms. The molecule has 0 bridgehead atoms. The van der Waals surface area contributed by atoms with Crippen LogP contribution in [0.15, 0.2) is 36.5 Å².